The lowest BCUT2D eigenvalue weighted by Gasteiger charge is -2.08. The second-order valence-electron chi connectivity index (χ2n) is 3.93. The van der Waals surface area contributed by atoms with Crippen molar-refractivity contribution in [1.82, 2.24) is 9.55 Å². The van der Waals surface area contributed by atoms with E-state index >= 15 is 0 Å². The molecule has 0 amide bonds. The molecule has 90 valence electrons. The molecule has 18 heavy (non-hydrogen) atoms. The highest BCUT2D eigenvalue weighted by atomic mass is 16.4. The van der Waals surface area contributed by atoms with Crippen molar-refractivity contribution in [3.05, 3.63) is 47.0 Å². The van der Waals surface area contributed by atoms with Crippen molar-refractivity contribution >= 4 is 5.97 Å². The van der Waals surface area contributed by atoms with E-state index in [2.05, 4.69) is 4.98 Å². The molecule has 0 saturated carbocycles. The van der Waals surface area contributed by atoms with Gasteiger partial charge in [-0.1, -0.05) is 0 Å². The lowest BCUT2D eigenvalue weighted by Crippen LogP contribution is -2.02. The number of imidazole rings is 1. The number of nitrogens with zero attached hydrogens (tertiary/aromatic N) is 3. The van der Waals surface area contributed by atoms with E-state index in [1.807, 2.05) is 19.9 Å². The molecule has 5 heteroatoms. The number of aryl methyl sites for hydroxylation is 1. The van der Waals surface area contributed by atoms with Crippen molar-refractivity contribution in [2.45, 2.75) is 13.8 Å². The fourth-order valence-corrected chi connectivity index (χ4v) is 1.71. The zero-order chi connectivity index (χ0) is 13.3. The molecule has 2 aromatic rings. The Morgan fingerprint density at radius 1 is 1.44 bits per heavy atom. The van der Waals surface area contributed by atoms with Crippen molar-refractivity contribution < 1.29 is 9.90 Å². The molecule has 0 aliphatic rings. The molecule has 2 rings (SSSR count). The van der Waals surface area contributed by atoms with E-state index in [1.54, 1.807) is 17.0 Å². The lowest BCUT2D eigenvalue weighted by molar-refractivity contribution is 0.0697. The van der Waals surface area contributed by atoms with Crippen LogP contribution in [0.5, 0.6) is 0 Å². The summed E-state index contributed by atoms with van der Waals surface area (Å²) in [7, 11) is 0. The summed E-state index contributed by atoms with van der Waals surface area (Å²) in [5.74, 6) is -1.04. The molecule has 1 N–H and O–H groups in total. The van der Waals surface area contributed by atoms with Gasteiger partial charge >= 0.3 is 5.97 Å². The van der Waals surface area contributed by atoms with Gasteiger partial charge in [0.05, 0.1) is 28.8 Å². The maximum Gasteiger partial charge on any atom is 0.335 e. The summed E-state index contributed by atoms with van der Waals surface area (Å²) in [5.41, 5.74) is 2.86. The Morgan fingerprint density at radius 2 is 2.17 bits per heavy atom. The minimum atomic E-state index is -1.04. The van der Waals surface area contributed by atoms with Crippen LogP contribution in [0.4, 0.5) is 0 Å². The van der Waals surface area contributed by atoms with E-state index in [4.69, 9.17) is 10.4 Å². The van der Waals surface area contributed by atoms with Crippen LogP contribution in [0.2, 0.25) is 0 Å². The van der Waals surface area contributed by atoms with Crippen molar-refractivity contribution in [1.29, 1.82) is 5.26 Å². The average molecular weight is 241 g/mol. The van der Waals surface area contributed by atoms with Gasteiger partial charge in [-0.15, -0.1) is 0 Å². The fourth-order valence-electron chi connectivity index (χ4n) is 1.71. The standard InChI is InChI=1S/C13H11N3O2/c1-8-9(2)16(7-15-8)12-4-3-10(13(17)18)5-11(12)6-14/h3-5,7H,1-2H3,(H,17,18). The number of aromatic nitrogens is 2. The largest absolute Gasteiger partial charge is 0.478 e. The molecule has 0 saturated heterocycles. The number of nitriles is 1. The van der Waals surface area contributed by atoms with Crippen LogP contribution in [-0.4, -0.2) is 20.6 Å². The maximum atomic E-state index is 10.9. The Labute approximate surface area is 104 Å². The third-order valence-electron chi connectivity index (χ3n) is 2.88. The quantitative estimate of drug-likeness (QED) is 0.872. The normalized spacial score (nSPS) is 10.1. The summed E-state index contributed by atoms with van der Waals surface area (Å²) >= 11 is 0. The second-order valence-corrected chi connectivity index (χ2v) is 3.93. The minimum Gasteiger partial charge on any atom is -0.478 e. The first kappa shape index (κ1) is 11.9. The van der Waals surface area contributed by atoms with Crippen molar-refractivity contribution in [3.8, 4) is 11.8 Å². The average Bonchev–Trinajstić information content (AvgIpc) is 2.69. The first-order valence-corrected chi connectivity index (χ1v) is 5.33. The fraction of sp³-hybridized carbons (Fsp3) is 0.154. The van der Waals surface area contributed by atoms with Crippen LogP contribution in [-0.2, 0) is 0 Å². The van der Waals surface area contributed by atoms with Crippen molar-refractivity contribution in [2.75, 3.05) is 0 Å². The summed E-state index contributed by atoms with van der Waals surface area (Å²) in [6, 6.07) is 6.48. The third-order valence-corrected chi connectivity index (χ3v) is 2.88. The highest BCUT2D eigenvalue weighted by molar-refractivity contribution is 5.88. The molecule has 0 radical (unpaired) electrons. The number of hydrogen-bond acceptors (Lipinski definition) is 3. The zero-order valence-electron chi connectivity index (χ0n) is 10.0. The van der Waals surface area contributed by atoms with Crippen LogP contribution in [0.1, 0.15) is 27.3 Å². The van der Waals surface area contributed by atoms with Gasteiger partial charge in [0.25, 0.3) is 0 Å². The summed E-state index contributed by atoms with van der Waals surface area (Å²) in [4.78, 5) is 15.0. The van der Waals surface area contributed by atoms with E-state index in [1.165, 1.54) is 12.1 Å². The van der Waals surface area contributed by atoms with Gasteiger partial charge in [0, 0.05) is 5.69 Å². The lowest BCUT2D eigenvalue weighted by atomic mass is 10.1. The Morgan fingerprint density at radius 3 is 2.67 bits per heavy atom. The van der Waals surface area contributed by atoms with Crippen molar-refractivity contribution in [3.63, 3.8) is 0 Å². The minimum absolute atomic E-state index is 0.102. The molecule has 1 aromatic carbocycles. The molecule has 0 aliphatic heterocycles. The van der Waals surface area contributed by atoms with Crippen LogP contribution >= 0.6 is 0 Å². The summed E-state index contributed by atoms with van der Waals surface area (Å²) in [6.45, 7) is 3.78. The Hall–Kier alpha value is -2.61. The van der Waals surface area contributed by atoms with Crippen LogP contribution in [0.25, 0.3) is 5.69 Å². The first-order valence-electron chi connectivity index (χ1n) is 5.33. The maximum absolute atomic E-state index is 10.9. The van der Waals surface area contributed by atoms with E-state index in [0.717, 1.165) is 11.4 Å². The molecule has 0 atom stereocenters. The van der Waals surface area contributed by atoms with Gasteiger partial charge in [0.2, 0.25) is 0 Å². The van der Waals surface area contributed by atoms with Gasteiger partial charge in [0.15, 0.2) is 0 Å². The number of carboxylic acid groups (broad SMARTS) is 1. The Kier molecular flexibility index (Phi) is 2.86. The van der Waals surface area contributed by atoms with Gasteiger partial charge in [-0.25, -0.2) is 9.78 Å². The van der Waals surface area contributed by atoms with Crippen LogP contribution in [0.3, 0.4) is 0 Å². The molecule has 0 unspecified atom stereocenters. The van der Waals surface area contributed by atoms with Gasteiger partial charge in [0.1, 0.15) is 6.07 Å². The molecule has 5 nitrogen and oxygen atoms in total. The van der Waals surface area contributed by atoms with Crippen LogP contribution in [0, 0.1) is 25.2 Å². The molecule has 0 aliphatic carbocycles. The summed E-state index contributed by atoms with van der Waals surface area (Å²) in [6.07, 6.45) is 1.63. The Bertz CT molecular complexity index is 665. The predicted molar refractivity (Wildman–Crippen MR) is 64.7 cm³/mol. The molecule has 0 bridgehead atoms. The van der Waals surface area contributed by atoms with Gasteiger partial charge in [-0.3, -0.25) is 0 Å². The monoisotopic (exact) mass is 241 g/mol. The SMILES string of the molecule is Cc1ncn(-c2ccc(C(=O)O)cc2C#N)c1C. The molecule has 0 fully saturated rings. The smallest absolute Gasteiger partial charge is 0.335 e. The van der Waals surface area contributed by atoms with E-state index in [0.29, 0.717) is 11.3 Å². The highest BCUT2D eigenvalue weighted by Gasteiger charge is 2.12. The van der Waals surface area contributed by atoms with Crippen molar-refractivity contribution in [2.24, 2.45) is 0 Å². The number of carboxylic acids is 1. The highest BCUT2D eigenvalue weighted by Crippen LogP contribution is 2.19. The second kappa shape index (κ2) is 4.34. The third kappa shape index (κ3) is 1.84. The molecular weight excluding hydrogens is 230 g/mol. The van der Waals surface area contributed by atoms with E-state index < -0.39 is 5.97 Å². The first-order chi connectivity index (χ1) is 8.54. The molecular formula is C13H11N3O2. The van der Waals surface area contributed by atoms with Gasteiger partial charge in [-0.05, 0) is 32.0 Å². The number of aromatic carboxylic acids is 1. The van der Waals surface area contributed by atoms with E-state index in [9.17, 15) is 4.79 Å². The molecule has 1 aromatic heterocycles. The molecule has 1 heterocycles. The van der Waals surface area contributed by atoms with Gasteiger partial charge < -0.3 is 9.67 Å². The topological polar surface area (TPSA) is 78.9 Å². The van der Waals surface area contributed by atoms with E-state index in [-0.39, 0.29) is 5.56 Å². The Balaban J connectivity index is 2.63. The van der Waals surface area contributed by atoms with Crippen LogP contribution < -0.4 is 0 Å². The summed E-state index contributed by atoms with van der Waals surface area (Å²) in [5, 5.41) is 18.0. The number of rotatable bonds is 2. The number of hydrogen-bond donors (Lipinski definition) is 1. The molecule has 0 spiro atoms. The summed E-state index contributed by atoms with van der Waals surface area (Å²) < 4.78 is 1.78. The number of benzene rings is 1. The zero-order valence-corrected chi connectivity index (χ0v) is 10.0. The van der Waals surface area contributed by atoms with Gasteiger partial charge in [-0.2, -0.15) is 5.26 Å². The predicted octanol–water partition coefficient (Wildman–Crippen LogP) is 2.06. The van der Waals surface area contributed by atoms with Crippen LogP contribution in [0.15, 0.2) is 24.5 Å². The number of carbonyl (C=O) groups is 1.